The van der Waals surface area contributed by atoms with Crippen molar-refractivity contribution in [3.63, 3.8) is 0 Å². The first-order valence-electron chi connectivity index (χ1n) is 8.61. The van der Waals surface area contributed by atoms with Gasteiger partial charge in [0.15, 0.2) is 11.0 Å². The number of fused-ring (bicyclic) bond motifs is 2. The van der Waals surface area contributed by atoms with Crippen molar-refractivity contribution in [1.82, 2.24) is 20.6 Å². The molecular weight excluding hydrogens is 452 g/mol. The summed E-state index contributed by atoms with van der Waals surface area (Å²) in [6.45, 7) is 0. The largest absolute Gasteiger partial charge is 0.328 e. The molecule has 0 fully saturated rings. The average molecular weight is 464 g/mol. The molecule has 0 bridgehead atoms. The van der Waals surface area contributed by atoms with Crippen molar-refractivity contribution in [3.05, 3.63) is 44.5 Å². The van der Waals surface area contributed by atoms with Gasteiger partial charge in [-0.1, -0.05) is 23.9 Å². The van der Waals surface area contributed by atoms with Gasteiger partial charge in [0.2, 0.25) is 11.0 Å². The van der Waals surface area contributed by atoms with Crippen LogP contribution in [0.3, 0.4) is 0 Å². The number of nitro benzene ring substituents is 2. The van der Waals surface area contributed by atoms with E-state index in [2.05, 4.69) is 39.3 Å². The van der Waals surface area contributed by atoms with Gasteiger partial charge < -0.3 is 9.44 Å². The first-order chi connectivity index (χ1) is 15.1. The fourth-order valence-corrected chi connectivity index (χ4v) is 4.23. The van der Waals surface area contributed by atoms with Crippen molar-refractivity contribution < 1.29 is 19.1 Å². The van der Waals surface area contributed by atoms with Crippen LogP contribution in [0.25, 0.3) is 22.1 Å². The molecule has 0 amide bonds. The zero-order valence-electron chi connectivity index (χ0n) is 15.4. The van der Waals surface area contributed by atoms with Crippen molar-refractivity contribution in [1.29, 1.82) is 0 Å². The highest BCUT2D eigenvalue weighted by Crippen LogP contribution is 2.31. The Morgan fingerprint density at radius 1 is 0.742 bits per heavy atom. The van der Waals surface area contributed by atoms with Gasteiger partial charge in [-0.2, -0.15) is 0 Å². The van der Waals surface area contributed by atoms with E-state index in [9.17, 15) is 20.2 Å². The van der Waals surface area contributed by atoms with Crippen LogP contribution in [0.4, 0.5) is 22.7 Å². The van der Waals surface area contributed by atoms with Crippen LogP contribution in [0.1, 0.15) is 6.42 Å². The van der Waals surface area contributed by atoms with Gasteiger partial charge in [0.1, 0.15) is 0 Å². The Morgan fingerprint density at radius 2 is 1.16 bits per heavy atom. The third kappa shape index (κ3) is 4.29. The molecular formula is C15H12N8O6S2. The summed E-state index contributed by atoms with van der Waals surface area (Å²) < 4.78 is 15.4. The minimum atomic E-state index is -0.540. The molecule has 4 aromatic rings. The van der Waals surface area contributed by atoms with Crippen LogP contribution in [0.5, 0.6) is 0 Å². The Kier molecular flexibility index (Phi) is 5.99. The van der Waals surface area contributed by atoms with Crippen LogP contribution in [0.15, 0.2) is 33.5 Å². The number of benzene rings is 2. The summed E-state index contributed by atoms with van der Waals surface area (Å²) in [5.41, 5.74) is 1.57. The van der Waals surface area contributed by atoms with Gasteiger partial charge in [-0.25, -0.2) is 9.26 Å². The molecule has 2 aromatic heterocycles. The lowest BCUT2D eigenvalue weighted by atomic mass is 10.2. The minimum Gasteiger partial charge on any atom is -0.328 e. The van der Waals surface area contributed by atoms with E-state index in [1.165, 1.54) is 36.0 Å². The Hall–Kier alpha value is -3.66. The number of rotatable bonds is 10. The summed E-state index contributed by atoms with van der Waals surface area (Å²) in [6.07, 6.45) is 0.815. The number of non-ortho nitro benzene ring substituents is 2. The van der Waals surface area contributed by atoms with E-state index in [0.717, 1.165) is 17.9 Å². The van der Waals surface area contributed by atoms with Crippen LogP contribution in [0.2, 0.25) is 0 Å². The summed E-state index contributed by atoms with van der Waals surface area (Å²) in [6, 6.07) is 5.80. The SMILES string of the molecule is O=[N+]([O-])c1ccc(NSCCCSNc2ccc([N+](=O)[O-])c3nonc23)c2nonc12. The van der Waals surface area contributed by atoms with Crippen molar-refractivity contribution >= 4 is 68.7 Å². The predicted octanol–water partition coefficient (Wildman–Crippen LogP) is 3.79. The number of aromatic nitrogens is 4. The maximum Gasteiger partial charge on any atom is 0.300 e. The molecule has 2 N–H and O–H groups in total. The Bertz CT molecular complexity index is 1170. The third-order valence-electron chi connectivity index (χ3n) is 4.04. The molecule has 0 aliphatic rings. The molecule has 14 nitrogen and oxygen atoms in total. The van der Waals surface area contributed by atoms with Crippen LogP contribution < -0.4 is 9.44 Å². The maximum atomic E-state index is 11.0. The van der Waals surface area contributed by atoms with Crippen LogP contribution in [0, 0.1) is 20.2 Å². The first kappa shape index (κ1) is 20.6. The van der Waals surface area contributed by atoms with Gasteiger partial charge in [0.25, 0.3) is 0 Å². The lowest BCUT2D eigenvalue weighted by molar-refractivity contribution is -0.383. The fourth-order valence-electron chi connectivity index (χ4n) is 2.63. The molecule has 0 unspecified atom stereocenters. The van der Waals surface area contributed by atoms with E-state index in [0.29, 0.717) is 22.4 Å². The molecule has 2 aromatic carbocycles. The standard InChI is InChI=1S/C15H12N8O6S2/c24-22(25)10-4-2-8(12-14(10)18-28-16-12)20-30-6-1-7-31-21-9-3-5-11(23(26)27)15-13(9)17-29-19-15/h2-5,20-21H,1,6-7H2. The average Bonchev–Trinajstić information content (AvgIpc) is 3.42. The highest BCUT2D eigenvalue weighted by Gasteiger charge is 2.20. The zero-order chi connectivity index (χ0) is 21.8. The molecule has 2 heterocycles. The quantitative estimate of drug-likeness (QED) is 0.149. The van der Waals surface area contributed by atoms with E-state index in [1.807, 2.05) is 0 Å². The van der Waals surface area contributed by atoms with Crippen molar-refractivity contribution in [2.24, 2.45) is 0 Å². The van der Waals surface area contributed by atoms with E-state index in [1.54, 1.807) is 12.1 Å². The van der Waals surface area contributed by atoms with Gasteiger partial charge in [0.05, 0.1) is 21.2 Å². The van der Waals surface area contributed by atoms with Crippen molar-refractivity contribution in [2.75, 3.05) is 20.9 Å². The Labute approximate surface area is 180 Å². The summed E-state index contributed by atoms with van der Waals surface area (Å²) in [5, 5.41) is 36.6. The minimum absolute atomic E-state index is 0.0899. The van der Waals surface area contributed by atoms with E-state index in [-0.39, 0.29) is 22.4 Å². The molecule has 0 aliphatic carbocycles. The molecule has 0 radical (unpaired) electrons. The van der Waals surface area contributed by atoms with Crippen molar-refractivity contribution in [2.45, 2.75) is 6.42 Å². The van der Waals surface area contributed by atoms with Gasteiger partial charge in [-0.05, 0) is 39.2 Å². The van der Waals surface area contributed by atoms with Crippen LogP contribution in [-0.2, 0) is 0 Å². The normalized spacial score (nSPS) is 11.1. The number of nitrogens with zero attached hydrogens (tertiary/aromatic N) is 6. The van der Waals surface area contributed by atoms with Crippen LogP contribution in [-0.4, -0.2) is 42.0 Å². The molecule has 16 heteroatoms. The lowest BCUT2D eigenvalue weighted by Crippen LogP contribution is -1.97. The molecule has 0 aliphatic heterocycles. The lowest BCUT2D eigenvalue weighted by Gasteiger charge is -2.07. The second-order valence-corrected chi connectivity index (χ2v) is 7.76. The fraction of sp³-hybridized carbons (Fsp3) is 0.200. The second kappa shape index (κ2) is 9.00. The summed E-state index contributed by atoms with van der Waals surface area (Å²) in [7, 11) is 0. The predicted molar refractivity (Wildman–Crippen MR) is 114 cm³/mol. The molecule has 4 rings (SSSR count). The number of hydrogen-bond acceptors (Lipinski definition) is 14. The summed E-state index contributed by atoms with van der Waals surface area (Å²) in [4.78, 5) is 20.9. The van der Waals surface area contributed by atoms with E-state index in [4.69, 9.17) is 0 Å². The molecule has 0 saturated carbocycles. The monoisotopic (exact) mass is 464 g/mol. The Morgan fingerprint density at radius 3 is 1.58 bits per heavy atom. The summed E-state index contributed by atoms with van der Waals surface area (Å²) in [5.74, 6) is 1.47. The maximum absolute atomic E-state index is 11.0. The van der Waals surface area contributed by atoms with Gasteiger partial charge in [-0.3, -0.25) is 20.2 Å². The van der Waals surface area contributed by atoms with E-state index >= 15 is 0 Å². The van der Waals surface area contributed by atoms with Gasteiger partial charge in [-0.15, -0.1) is 0 Å². The van der Waals surface area contributed by atoms with E-state index < -0.39 is 9.85 Å². The molecule has 0 spiro atoms. The summed E-state index contributed by atoms with van der Waals surface area (Å²) >= 11 is 2.82. The zero-order valence-corrected chi connectivity index (χ0v) is 17.0. The highest BCUT2D eigenvalue weighted by molar-refractivity contribution is 8.01. The van der Waals surface area contributed by atoms with Crippen LogP contribution >= 0.6 is 23.9 Å². The molecule has 0 saturated heterocycles. The number of hydrogen-bond donors (Lipinski definition) is 2. The smallest absolute Gasteiger partial charge is 0.300 e. The third-order valence-corrected chi connectivity index (χ3v) is 5.75. The van der Waals surface area contributed by atoms with Gasteiger partial charge >= 0.3 is 11.4 Å². The highest BCUT2D eigenvalue weighted by atomic mass is 32.2. The molecule has 31 heavy (non-hydrogen) atoms. The topological polar surface area (TPSA) is 188 Å². The van der Waals surface area contributed by atoms with Crippen molar-refractivity contribution in [3.8, 4) is 0 Å². The number of anilines is 2. The number of nitro groups is 2. The molecule has 0 atom stereocenters. The number of nitrogens with one attached hydrogen (secondary N) is 2. The van der Waals surface area contributed by atoms with Gasteiger partial charge in [0, 0.05) is 23.6 Å². The Balaban J connectivity index is 1.25. The second-order valence-electron chi connectivity index (χ2n) is 5.96. The molecule has 160 valence electrons. The first-order valence-corrected chi connectivity index (χ1v) is 10.6.